The largest absolute Gasteiger partial charge is 0.497 e. The highest BCUT2D eigenvalue weighted by molar-refractivity contribution is 5.95. The molecule has 0 aliphatic rings. The molecule has 0 bridgehead atoms. The van der Waals surface area contributed by atoms with Crippen LogP contribution < -0.4 is 29.9 Å². The fourth-order valence-corrected chi connectivity index (χ4v) is 3.21. The number of rotatable bonds is 7. The summed E-state index contributed by atoms with van der Waals surface area (Å²) >= 11 is 0. The van der Waals surface area contributed by atoms with Crippen LogP contribution in [0.5, 0.6) is 23.0 Å². The molecule has 2 aromatic carbocycles. The van der Waals surface area contributed by atoms with E-state index in [0.717, 1.165) is 0 Å². The fourth-order valence-electron chi connectivity index (χ4n) is 3.21. The third-order valence-electron chi connectivity index (χ3n) is 4.74. The Morgan fingerprint density at radius 1 is 0.900 bits per heavy atom. The van der Waals surface area contributed by atoms with E-state index in [-0.39, 0.29) is 17.9 Å². The van der Waals surface area contributed by atoms with E-state index in [9.17, 15) is 9.59 Å². The normalized spacial score (nSPS) is 10.6. The summed E-state index contributed by atoms with van der Waals surface area (Å²) in [5, 5.41) is 3.37. The molecule has 1 N–H and O–H groups in total. The van der Waals surface area contributed by atoms with Crippen molar-refractivity contribution in [2.24, 2.45) is 0 Å². The number of ether oxygens (including phenoxy) is 4. The van der Waals surface area contributed by atoms with Gasteiger partial charge in [-0.25, -0.2) is 4.79 Å². The van der Waals surface area contributed by atoms with Crippen LogP contribution in [0.3, 0.4) is 0 Å². The number of methoxy groups -OCH3 is 4. The van der Waals surface area contributed by atoms with Gasteiger partial charge in [0, 0.05) is 36.0 Å². The highest BCUT2D eigenvalue weighted by atomic mass is 16.5. The highest BCUT2D eigenvalue weighted by Gasteiger charge is 2.19. The molecule has 1 aromatic heterocycles. The van der Waals surface area contributed by atoms with Crippen LogP contribution >= 0.6 is 0 Å². The molecule has 0 aliphatic carbocycles. The lowest BCUT2D eigenvalue weighted by Gasteiger charge is -2.13. The Kier molecular flexibility index (Phi) is 6.15. The number of anilines is 1. The number of nitrogens with one attached hydrogen (secondary N) is 1. The third kappa shape index (κ3) is 4.17. The first-order valence-corrected chi connectivity index (χ1v) is 9.11. The van der Waals surface area contributed by atoms with Crippen LogP contribution in [0.25, 0.3) is 11.0 Å². The SMILES string of the molecule is COc1cc(NC(=O)Cc2c(C)c3c(OC)cc(OC)cc3oc2=O)cc(OC)c1. The Labute approximate surface area is 173 Å². The van der Waals surface area contributed by atoms with Gasteiger partial charge < -0.3 is 28.7 Å². The summed E-state index contributed by atoms with van der Waals surface area (Å²) in [6, 6.07) is 8.32. The van der Waals surface area contributed by atoms with E-state index in [1.807, 2.05) is 0 Å². The highest BCUT2D eigenvalue weighted by Crippen LogP contribution is 2.34. The number of carbonyl (C=O) groups excluding carboxylic acids is 1. The Bertz CT molecular complexity index is 1130. The van der Waals surface area contributed by atoms with E-state index in [1.165, 1.54) is 28.4 Å². The van der Waals surface area contributed by atoms with E-state index < -0.39 is 5.63 Å². The topological polar surface area (TPSA) is 96.2 Å². The van der Waals surface area contributed by atoms with E-state index in [2.05, 4.69) is 5.32 Å². The zero-order valence-electron chi connectivity index (χ0n) is 17.5. The molecular formula is C22H23NO7. The first-order chi connectivity index (χ1) is 14.4. The van der Waals surface area contributed by atoms with Crippen LogP contribution in [0.2, 0.25) is 0 Å². The molecule has 0 unspecified atom stereocenters. The molecule has 30 heavy (non-hydrogen) atoms. The van der Waals surface area contributed by atoms with Crippen LogP contribution in [-0.2, 0) is 11.2 Å². The molecule has 8 heteroatoms. The Hall–Kier alpha value is -3.68. The molecule has 0 spiro atoms. The van der Waals surface area contributed by atoms with Gasteiger partial charge in [0.2, 0.25) is 5.91 Å². The van der Waals surface area contributed by atoms with Crippen LogP contribution in [0.1, 0.15) is 11.1 Å². The zero-order chi connectivity index (χ0) is 21.8. The number of hydrogen-bond acceptors (Lipinski definition) is 7. The average Bonchev–Trinajstić information content (AvgIpc) is 2.75. The second-order valence-corrected chi connectivity index (χ2v) is 6.52. The lowest BCUT2D eigenvalue weighted by Crippen LogP contribution is -2.20. The van der Waals surface area contributed by atoms with Crippen molar-refractivity contribution >= 4 is 22.6 Å². The molecule has 0 radical (unpaired) electrons. The van der Waals surface area contributed by atoms with Crippen LogP contribution in [-0.4, -0.2) is 34.3 Å². The molecule has 0 fully saturated rings. The van der Waals surface area contributed by atoms with Gasteiger partial charge in [0.05, 0.1) is 45.8 Å². The molecule has 0 saturated carbocycles. The molecule has 8 nitrogen and oxygen atoms in total. The standard InChI is InChI=1S/C22H23NO7/c1-12-17(11-20(24)23-13-6-14(26-2)8-15(7-13)27-3)22(25)30-19-10-16(28-4)9-18(29-5)21(12)19/h6-10H,11H2,1-5H3,(H,23,24). The van der Waals surface area contributed by atoms with E-state index in [0.29, 0.717) is 45.2 Å². The number of fused-ring (bicyclic) bond motifs is 1. The second-order valence-electron chi connectivity index (χ2n) is 6.52. The number of hydrogen-bond donors (Lipinski definition) is 1. The average molecular weight is 413 g/mol. The number of amides is 1. The van der Waals surface area contributed by atoms with Gasteiger partial charge in [-0.3, -0.25) is 4.79 Å². The number of carbonyl (C=O) groups is 1. The maximum Gasteiger partial charge on any atom is 0.340 e. The zero-order valence-corrected chi connectivity index (χ0v) is 17.5. The van der Waals surface area contributed by atoms with Gasteiger partial charge in [0.15, 0.2) is 0 Å². The van der Waals surface area contributed by atoms with Crippen LogP contribution in [0.4, 0.5) is 5.69 Å². The minimum absolute atomic E-state index is 0.168. The summed E-state index contributed by atoms with van der Waals surface area (Å²) in [7, 11) is 6.07. The van der Waals surface area contributed by atoms with Gasteiger partial charge in [0.25, 0.3) is 0 Å². The Morgan fingerprint density at radius 3 is 2.07 bits per heavy atom. The van der Waals surface area contributed by atoms with Crippen molar-refractivity contribution in [2.45, 2.75) is 13.3 Å². The lowest BCUT2D eigenvalue weighted by molar-refractivity contribution is -0.115. The summed E-state index contributed by atoms with van der Waals surface area (Å²) in [5.74, 6) is 1.67. The lowest BCUT2D eigenvalue weighted by atomic mass is 10.0. The molecule has 0 saturated heterocycles. The van der Waals surface area contributed by atoms with Gasteiger partial charge in [-0.15, -0.1) is 0 Å². The molecule has 0 aliphatic heterocycles. The monoisotopic (exact) mass is 413 g/mol. The van der Waals surface area contributed by atoms with Crippen molar-refractivity contribution in [3.63, 3.8) is 0 Å². The molecule has 0 atom stereocenters. The van der Waals surface area contributed by atoms with Crippen molar-refractivity contribution in [2.75, 3.05) is 33.8 Å². The van der Waals surface area contributed by atoms with Gasteiger partial charge >= 0.3 is 5.63 Å². The minimum Gasteiger partial charge on any atom is -0.497 e. The summed E-state index contributed by atoms with van der Waals surface area (Å²) in [4.78, 5) is 25.2. The minimum atomic E-state index is -0.589. The molecular weight excluding hydrogens is 390 g/mol. The summed E-state index contributed by atoms with van der Waals surface area (Å²) < 4.78 is 26.5. The van der Waals surface area contributed by atoms with Gasteiger partial charge in [-0.05, 0) is 12.5 Å². The van der Waals surface area contributed by atoms with E-state index >= 15 is 0 Å². The number of benzene rings is 2. The summed E-state index contributed by atoms with van der Waals surface area (Å²) in [6.45, 7) is 1.76. The predicted octanol–water partition coefficient (Wildman–Crippen LogP) is 3.32. The smallest absolute Gasteiger partial charge is 0.340 e. The maximum atomic E-state index is 12.7. The van der Waals surface area contributed by atoms with Gasteiger partial charge in [-0.2, -0.15) is 0 Å². The van der Waals surface area contributed by atoms with Gasteiger partial charge in [0.1, 0.15) is 28.6 Å². The fraction of sp³-hybridized carbons (Fsp3) is 0.273. The Balaban J connectivity index is 1.96. The molecule has 1 heterocycles. The van der Waals surface area contributed by atoms with Crippen molar-refractivity contribution in [3.8, 4) is 23.0 Å². The first-order valence-electron chi connectivity index (χ1n) is 9.11. The van der Waals surface area contributed by atoms with E-state index in [1.54, 1.807) is 37.3 Å². The summed E-state index contributed by atoms with van der Waals surface area (Å²) in [5.41, 5.74) is 1.09. The first kappa shape index (κ1) is 21.0. The van der Waals surface area contributed by atoms with Crippen molar-refractivity contribution in [1.29, 1.82) is 0 Å². The predicted molar refractivity (Wildman–Crippen MR) is 112 cm³/mol. The Morgan fingerprint density at radius 2 is 1.50 bits per heavy atom. The number of aryl methyl sites for hydroxylation is 1. The van der Waals surface area contributed by atoms with Gasteiger partial charge in [-0.1, -0.05) is 0 Å². The van der Waals surface area contributed by atoms with Crippen LogP contribution in [0.15, 0.2) is 39.5 Å². The van der Waals surface area contributed by atoms with Crippen LogP contribution in [0, 0.1) is 6.92 Å². The maximum absolute atomic E-state index is 12.7. The third-order valence-corrected chi connectivity index (χ3v) is 4.74. The van der Waals surface area contributed by atoms with E-state index in [4.69, 9.17) is 23.4 Å². The van der Waals surface area contributed by atoms with Crippen molar-refractivity contribution < 1.29 is 28.2 Å². The molecule has 158 valence electrons. The molecule has 3 aromatic rings. The molecule has 1 amide bonds. The molecule has 3 rings (SSSR count). The van der Waals surface area contributed by atoms with Crippen molar-refractivity contribution in [1.82, 2.24) is 0 Å². The van der Waals surface area contributed by atoms with Crippen molar-refractivity contribution in [3.05, 3.63) is 51.9 Å². The second kappa shape index (κ2) is 8.77. The quantitative estimate of drug-likeness (QED) is 0.594. The summed E-state index contributed by atoms with van der Waals surface area (Å²) in [6.07, 6.45) is -0.168.